The van der Waals surface area contributed by atoms with Gasteiger partial charge in [0, 0.05) is 18.2 Å². The van der Waals surface area contributed by atoms with Gasteiger partial charge in [0.25, 0.3) is 0 Å². The average Bonchev–Trinajstić information content (AvgIpc) is 2.18. The Morgan fingerprint density at radius 2 is 2.07 bits per heavy atom. The van der Waals surface area contributed by atoms with Gasteiger partial charge in [-0.1, -0.05) is 0 Å². The highest BCUT2D eigenvalue weighted by Crippen LogP contribution is 2.26. The van der Waals surface area contributed by atoms with E-state index in [9.17, 15) is 8.78 Å². The zero-order valence-corrected chi connectivity index (χ0v) is 7.76. The Bertz CT molecular complexity index is 331. The van der Waals surface area contributed by atoms with Crippen LogP contribution in [0.25, 0.3) is 0 Å². The third kappa shape index (κ3) is 1.83. The monoisotopic (exact) mass is 202 g/mol. The van der Waals surface area contributed by atoms with Gasteiger partial charge in [-0.15, -0.1) is 0 Å². The summed E-state index contributed by atoms with van der Waals surface area (Å²) >= 11 is 0. The van der Waals surface area contributed by atoms with Crippen LogP contribution in [0.5, 0.6) is 5.75 Å². The molecule has 0 aliphatic carbocycles. The lowest BCUT2D eigenvalue weighted by molar-refractivity contribution is 0.378. The lowest BCUT2D eigenvalue weighted by Crippen LogP contribution is -2.23. The van der Waals surface area contributed by atoms with Gasteiger partial charge in [0.15, 0.2) is 11.6 Å². The van der Waals surface area contributed by atoms with Crippen LogP contribution >= 0.6 is 0 Å². The van der Waals surface area contributed by atoms with Crippen LogP contribution in [0.2, 0.25) is 0 Å². The first-order valence-electron chi connectivity index (χ1n) is 4.09. The first-order valence-corrected chi connectivity index (χ1v) is 4.09. The van der Waals surface area contributed by atoms with Crippen molar-refractivity contribution < 1.29 is 13.5 Å². The van der Waals surface area contributed by atoms with Crippen molar-refractivity contribution in [2.75, 3.05) is 13.7 Å². The van der Waals surface area contributed by atoms with E-state index >= 15 is 0 Å². The number of hydrogen-bond donors (Lipinski definition) is 2. The van der Waals surface area contributed by atoms with Crippen LogP contribution < -0.4 is 16.2 Å². The molecule has 0 aliphatic heterocycles. The highest BCUT2D eigenvalue weighted by molar-refractivity contribution is 5.34. The predicted molar refractivity (Wildman–Crippen MR) is 48.9 cm³/mol. The maximum Gasteiger partial charge on any atom is 0.172 e. The van der Waals surface area contributed by atoms with Crippen molar-refractivity contribution in [3.63, 3.8) is 0 Å². The smallest absolute Gasteiger partial charge is 0.172 e. The Morgan fingerprint density at radius 3 is 2.57 bits per heavy atom. The van der Waals surface area contributed by atoms with Gasteiger partial charge >= 0.3 is 0 Å². The highest BCUT2D eigenvalue weighted by atomic mass is 19.1. The molecule has 1 atom stereocenters. The van der Waals surface area contributed by atoms with E-state index in [0.29, 0.717) is 0 Å². The van der Waals surface area contributed by atoms with Crippen molar-refractivity contribution in [1.82, 2.24) is 0 Å². The Morgan fingerprint density at radius 1 is 1.43 bits per heavy atom. The van der Waals surface area contributed by atoms with Gasteiger partial charge in [-0.05, 0) is 12.1 Å². The van der Waals surface area contributed by atoms with Gasteiger partial charge in [-0.3, -0.25) is 0 Å². The van der Waals surface area contributed by atoms with E-state index in [4.69, 9.17) is 16.2 Å². The van der Waals surface area contributed by atoms with E-state index in [2.05, 4.69) is 0 Å². The quantitative estimate of drug-likeness (QED) is 0.766. The van der Waals surface area contributed by atoms with Crippen LogP contribution in [0.3, 0.4) is 0 Å². The molecule has 0 spiro atoms. The number of benzene rings is 1. The molecule has 5 heteroatoms. The van der Waals surface area contributed by atoms with E-state index < -0.39 is 17.7 Å². The Hall–Kier alpha value is -1.20. The lowest BCUT2D eigenvalue weighted by atomic mass is 10.1. The molecule has 78 valence electrons. The van der Waals surface area contributed by atoms with Crippen LogP contribution in [0.15, 0.2) is 12.1 Å². The summed E-state index contributed by atoms with van der Waals surface area (Å²) in [4.78, 5) is 0. The standard InChI is InChI=1S/C9H12F2N2O/c1-14-7-3-2-5(10)8(9(7)11)6(13)4-12/h2-3,6H,4,12-13H2,1H3. The summed E-state index contributed by atoms with van der Waals surface area (Å²) in [6, 6.07) is 1.45. The summed E-state index contributed by atoms with van der Waals surface area (Å²) in [5, 5.41) is 0. The molecule has 1 aromatic carbocycles. The summed E-state index contributed by atoms with van der Waals surface area (Å²) in [5.41, 5.74) is 10.5. The molecule has 0 saturated carbocycles. The summed E-state index contributed by atoms with van der Waals surface area (Å²) in [5.74, 6) is -1.53. The van der Waals surface area contributed by atoms with Gasteiger partial charge in [-0.2, -0.15) is 0 Å². The Balaban J connectivity index is 3.25. The molecule has 3 nitrogen and oxygen atoms in total. The van der Waals surface area contributed by atoms with Crippen LogP contribution in [0.1, 0.15) is 11.6 Å². The lowest BCUT2D eigenvalue weighted by Gasteiger charge is -2.13. The number of methoxy groups -OCH3 is 1. The molecule has 1 unspecified atom stereocenters. The second-order valence-electron chi connectivity index (χ2n) is 2.82. The van der Waals surface area contributed by atoms with Crippen LogP contribution in [0.4, 0.5) is 8.78 Å². The zero-order valence-electron chi connectivity index (χ0n) is 7.76. The molecule has 0 saturated heterocycles. The molecule has 0 bridgehead atoms. The molecule has 4 N–H and O–H groups in total. The van der Waals surface area contributed by atoms with E-state index in [0.717, 1.165) is 6.07 Å². The fourth-order valence-corrected chi connectivity index (χ4v) is 1.16. The zero-order chi connectivity index (χ0) is 10.7. The molecule has 0 fully saturated rings. The summed E-state index contributed by atoms with van der Waals surface area (Å²) in [7, 11) is 1.30. The number of halogens is 2. The third-order valence-electron chi connectivity index (χ3n) is 1.94. The van der Waals surface area contributed by atoms with E-state index in [-0.39, 0.29) is 17.9 Å². The van der Waals surface area contributed by atoms with Crippen molar-refractivity contribution in [2.45, 2.75) is 6.04 Å². The molecule has 14 heavy (non-hydrogen) atoms. The molecular weight excluding hydrogens is 190 g/mol. The summed E-state index contributed by atoms with van der Waals surface area (Å²) in [6.07, 6.45) is 0. The normalized spacial score (nSPS) is 12.6. The maximum atomic E-state index is 13.5. The molecular formula is C9H12F2N2O. The topological polar surface area (TPSA) is 61.3 Å². The summed E-state index contributed by atoms with van der Waals surface area (Å²) in [6.45, 7) is -0.0268. The minimum Gasteiger partial charge on any atom is -0.494 e. The SMILES string of the molecule is COc1ccc(F)c(C(N)CN)c1F. The van der Waals surface area contributed by atoms with Crippen LogP contribution in [-0.2, 0) is 0 Å². The molecule has 0 aromatic heterocycles. The Labute approximate surface area is 80.7 Å². The molecule has 1 aromatic rings. The second-order valence-corrected chi connectivity index (χ2v) is 2.82. The molecule has 1 rings (SSSR count). The van der Waals surface area contributed by atoms with Gasteiger partial charge in [0.05, 0.1) is 7.11 Å². The van der Waals surface area contributed by atoms with Crippen molar-refractivity contribution in [2.24, 2.45) is 11.5 Å². The van der Waals surface area contributed by atoms with E-state index in [1.807, 2.05) is 0 Å². The van der Waals surface area contributed by atoms with Crippen molar-refractivity contribution in [1.29, 1.82) is 0 Å². The van der Waals surface area contributed by atoms with Crippen molar-refractivity contribution in [3.05, 3.63) is 29.3 Å². The minimum atomic E-state index is -0.856. The minimum absolute atomic E-state index is 0.0268. The van der Waals surface area contributed by atoms with E-state index in [1.165, 1.54) is 13.2 Å². The Kier molecular flexibility index (Phi) is 3.38. The number of nitrogens with two attached hydrogens (primary N) is 2. The number of ether oxygens (including phenoxy) is 1. The predicted octanol–water partition coefficient (Wildman–Crippen LogP) is 0.932. The van der Waals surface area contributed by atoms with Crippen LogP contribution in [-0.4, -0.2) is 13.7 Å². The van der Waals surface area contributed by atoms with Crippen molar-refractivity contribution >= 4 is 0 Å². The van der Waals surface area contributed by atoms with Gasteiger partial charge in [0.1, 0.15) is 5.82 Å². The molecule has 0 amide bonds. The molecule has 0 radical (unpaired) electrons. The third-order valence-corrected chi connectivity index (χ3v) is 1.94. The first kappa shape index (κ1) is 10.9. The number of hydrogen-bond acceptors (Lipinski definition) is 3. The molecule has 0 aliphatic rings. The fraction of sp³-hybridized carbons (Fsp3) is 0.333. The summed E-state index contributed by atoms with van der Waals surface area (Å²) < 4.78 is 31.3. The maximum absolute atomic E-state index is 13.5. The fourth-order valence-electron chi connectivity index (χ4n) is 1.16. The van der Waals surface area contributed by atoms with E-state index in [1.54, 1.807) is 0 Å². The van der Waals surface area contributed by atoms with Crippen LogP contribution in [0, 0.1) is 11.6 Å². The highest BCUT2D eigenvalue weighted by Gasteiger charge is 2.18. The second kappa shape index (κ2) is 4.34. The van der Waals surface area contributed by atoms with Gasteiger partial charge in [-0.25, -0.2) is 8.78 Å². The molecule has 0 heterocycles. The largest absolute Gasteiger partial charge is 0.494 e. The number of rotatable bonds is 3. The van der Waals surface area contributed by atoms with Gasteiger partial charge in [0.2, 0.25) is 0 Å². The van der Waals surface area contributed by atoms with Crippen molar-refractivity contribution in [3.8, 4) is 5.75 Å². The van der Waals surface area contributed by atoms with Gasteiger partial charge < -0.3 is 16.2 Å². The average molecular weight is 202 g/mol. The first-order chi connectivity index (χ1) is 6.61.